The van der Waals surface area contributed by atoms with Crippen molar-refractivity contribution >= 4 is 23.4 Å². The number of para-hydroxylation sites is 1. The first-order valence-electron chi connectivity index (χ1n) is 9.07. The fourth-order valence-electron chi connectivity index (χ4n) is 2.61. The molecule has 0 atom stereocenters. The highest BCUT2D eigenvalue weighted by atomic mass is 16.3. The van der Waals surface area contributed by atoms with Gasteiger partial charge in [-0.3, -0.25) is 14.4 Å². The highest BCUT2D eigenvalue weighted by molar-refractivity contribution is 6.40. The Bertz CT molecular complexity index is 995. The molecule has 1 aromatic heterocycles. The first kappa shape index (κ1) is 19.9. The number of hydrogen-bond donors (Lipinski definition) is 3. The monoisotopic (exact) mass is 391 g/mol. The average Bonchev–Trinajstić information content (AvgIpc) is 3.25. The molecule has 7 heteroatoms. The molecule has 3 rings (SSSR count). The van der Waals surface area contributed by atoms with Gasteiger partial charge in [0.25, 0.3) is 5.91 Å². The number of amides is 3. The van der Waals surface area contributed by atoms with Gasteiger partial charge in [0.15, 0.2) is 0 Å². The summed E-state index contributed by atoms with van der Waals surface area (Å²) in [5, 5.41) is 7.76. The first-order chi connectivity index (χ1) is 14.0. The van der Waals surface area contributed by atoms with Gasteiger partial charge in [-0.15, -0.1) is 0 Å². The van der Waals surface area contributed by atoms with Gasteiger partial charge in [0, 0.05) is 6.54 Å². The van der Waals surface area contributed by atoms with Crippen LogP contribution in [0.3, 0.4) is 0 Å². The van der Waals surface area contributed by atoms with Gasteiger partial charge in [-0.05, 0) is 36.8 Å². The number of aryl methyl sites for hydroxylation is 1. The van der Waals surface area contributed by atoms with E-state index in [4.69, 9.17) is 4.42 Å². The van der Waals surface area contributed by atoms with E-state index in [0.29, 0.717) is 12.3 Å². The van der Waals surface area contributed by atoms with Crippen molar-refractivity contribution in [2.45, 2.75) is 20.0 Å². The van der Waals surface area contributed by atoms with Crippen LogP contribution in [0, 0.1) is 6.92 Å². The third-order valence-corrected chi connectivity index (χ3v) is 4.20. The smallest absolute Gasteiger partial charge is 0.313 e. The molecule has 0 radical (unpaired) electrons. The van der Waals surface area contributed by atoms with Crippen molar-refractivity contribution < 1.29 is 18.8 Å². The maximum atomic E-state index is 12.6. The Hall–Kier alpha value is -3.87. The van der Waals surface area contributed by atoms with Crippen LogP contribution in [0.4, 0.5) is 5.69 Å². The Balaban J connectivity index is 1.60. The fraction of sp³-hybridized carbons (Fsp3) is 0.136. The van der Waals surface area contributed by atoms with Gasteiger partial charge < -0.3 is 20.4 Å². The molecule has 0 spiro atoms. The van der Waals surface area contributed by atoms with Crippen LogP contribution in [-0.2, 0) is 22.7 Å². The quantitative estimate of drug-likeness (QED) is 0.563. The SMILES string of the molecule is Cc1ccc(CNC(=O)c2ccccc2NC(=O)C(=O)NCc2ccco2)cc1. The number of carbonyl (C=O) groups is 3. The number of hydrogen-bond acceptors (Lipinski definition) is 4. The van der Waals surface area contributed by atoms with E-state index < -0.39 is 11.8 Å². The second-order valence-corrected chi connectivity index (χ2v) is 6.43. The number of carbonyl (C=O) groups excluding carboxylic acids is 3. The van der Waals surface area contributed by atoms with Gasteiger partial charge in [-0.2, -0.15) is 0 Å². The zero-order chi connectivity index (χ0) is 20.6. The van der Waals surface area contributed by atoms with E-state index >= 15 is 0 Å². The molecule has 0 fully saturated rings. The molecule has 7 nitrogen and oxygen atoms in total. The van der Waals surface area contributed by atoms with Crippen LogP contribution in [0.15, 0.2) is 71.3 Å². The van der Waals surface area contributed by atoms with Gasteiger partial charge in [-0.25, -0.2) is 0 Å². The van der Waals surface area contributed by atoms with Crippen molar-refractivity contribution in [3.05, 3.63) is 89.4 Å². The molecule has 0 saturated carbocycles. The van der Waals surface area contributed by atoms with E-state index in [2.05, 4.69) is 16.0 Å². The average molecular weight is 391 g/mol. The molecular formula is C22H21N3O4. The number of anilines is 1. The summed E-state index contributed by atoms with van der Waals surface area (Å²) in [6, 6.07) is 17.7. The lowest BCUT2D eigenvalue weighted by Gasteiger charge is -2.11. The van der Waals surface area contributed by atoms with Gasteiger partial charge in [0.05, 0.1) is 24.1 Å². The normalized spacial score (nSPS) is 10.2. The van der Waals surface area contributed by atoms with E-state index in [0.717, 1.165) is 11.1 Å². The van der Waals surface area contributed by atoms with Crippen LogP contribution in [0.25, 0.3) is 0 Å². The van der Waals surface area contributed by atoms with Crippen molar-refractivity contribution in [1.29, 1.82) is 0 Å². The summed E-state index contributed by atoms with van der Waals surface area (Å²) in [5.41, 5.74) is 2.63. The van der Waals surface area contributed by atoms with E-state index in [1.54, 1.807) is 36.4 Å². The summed E-state index contributed by atoms with van der Waals surface area (Å²) < 4.78 is 5.10. The molecular weight excluding hydrogens is 370 g/mol. The Morgan fingerprint density at radius 2 is 1.59 bits per heavy atom. The Kier molecular flexibility index (Phi) is 6.42. The summed E-state index contributed by atoms with van der Waals surface area (Å²) in [4.78, 5) is 36.7. The van der Waals surface area contributed by atoms with E-state index in [-0.39, 0.29) is 23.7 Å². The first-order valence-corrected chi connectivity index (χ1v) is 9.07. The number of benzene rings is 2. The Morgan fingerprint density at radius 3 is 2.31 bits per heavy atom. The molecule has 0 unspecified atom stereocenters. The predicted molar refractivity (Wildman–Crippen MR) is 108 cm³/mol. The summed E-state index contributed by atoms with van der Waals surface area (Å²) in [6.45, 7) is 2.44. The van der Waals surface area contributed by atoms with Crippen molar-refractivity contribution in [3.8, 4) is 0 Å². The van der Waals surface area contributed by atoms with Crippen LogP contribution in [0.2, 0.25) is 0 Å². The molecule has 0 aliphatic rings. The standard InChI is InChI=1S/C22H21N3O4/c1-15-8-10-16(11-9-15)13-23-20(26)18-6-2-3-7-19(18)25-22(28)21(27)24-14-17-5-4-12-29-17/h2-12H,13-14H2,1H3,(H,23,26)(H,24,27)(H,25,28). The number of nitrogens with one attached hydrogen (secondary N) is 3. The highest BCUT2D eigenvalue weighted by Gasteiger charge is 2.18. The lowest BCUT2D eigenvalue weighted by Crippen LogP contribution is -2.35. The maximum Gasteiger partial charge on any atom is 0.313 e. The molecule has 0 bridgehead atoms. The van der Waals surface area contributed by atoms with Crippen molar-refractivity contribution in [2.24, 2.45) is 0 Å². The molecule has 0 aliphatic carbocycles. The number of rotatable bonds is 6. The Labute approximate surface area is 168 Å². The van der Waals surface area contributed by atoms with Gasteiger partial charge in [0.2, 0.25) is 0 Å². The molecule has 29 heavy (non-hydrogen) atoms. The number of furan rings is 1. The zero-order valence-electron chi connectivity index (χ0n) is 15.9. The summed E-state index contributed by atoms with van der Waals surface area (Å²) in [6.07, 6.45) is 1.48. The predicted octanol–water partition coefficient (Wildman–Crippen LogP) is 2.77. The van der Waals surface area contributed by atoms with Gasteiger partial charge in [0.1, 0.15) is 5.76 Å². The third kappa shape index (κ3) is 5.55. The van der Waals surface area contributed by atoms with Crippen LogP contribution in [-0.4, -0.2) is 17.7 Å². The Morgan fingerprint density at radius 1 is 0.828 bits per heavy atom. The lowest BCUT2D eigenvalue weighted by atomic mass is 10.1. The maximum absolute atomic E-state index is 12.6. The van der Waals surface area contributed by atoms with Crippen LogP contribution >= 0.6 is 0 Å². The highest BCUT2D eigenvalue weighted by Crippen LogP contribution is 2.15. The molecule has 3 N–H and O–H groups in total. The summed E-state index contributed by atoms with van der Waals surface area (Å²) in [5.74, 6) is -1.51. The second kappa shape index (κ2) is 9.36. The van der Waals surface area contributed by atoms with Crippen LogP contribution in [0.1, 0.15) is 27.2 Å². The van der Waals surface area contributed by atoms with Crippen molar-refractivity contribution in [1.82, 2.24) is 10.6 Å². The molecule has 148 valence electrons. The third-order valence-electron chi connectivity index (χ3n) is 4.20. The molecule has 3 amide bonds. The fourth-order valence-corrected chi connectivity index (χ4v) is 2.61. The lowest BCUT2D eigenvalue weighted by molar-refractivity contribution is -0.136. The van der Waals surface area contributed by atoms with E-state index in [1.807, 2.05) is 31.2 Å². The van der Waals surface area contributed by atoms with Crippen LogP contribution in [0.5, 0.6) is 0 Å². The molecule has 0 aliphatic heterocycles. The summed E-state index contributed by atoms with van der Waals surface area (Å²) in [7, 11) is 0. The minimum atomic E-state index is -0.865. The van der Waals surface area contributed by atoms with Crippen molar-refractivity contribution in [3.63, 3.8) is 0 Å². The zero-order valence-corrected chi connectivity index (χ0v) is 15.9. The second-order valence-electron chi connectivity index (χ2n) is 6.43. The van der Waals surface area contributed by atoms with Gasteiger partial charge in [-0.1, -0.05) is 42.0 Å². The minimum Gasteiger partial charge on any atom is -0.467 e. The summed E-state index contributed by atoms with van der Waals surface area (Å²) >= 11 is 0. The molecule has 2 aromatic carbocycles. The van der Waals surface area contributed by atoms with E-state index in [1.165, 1.54) is 6.26 Å². The molecule has 0 saturated heterocycles. The van der Waals surface area contributed by atoms with E-state index in [9.17, 15) is 14.4 Å². The van der Waals surface area contributed by atoms with Gasteiger partial charge >= 0.3 is 11.8 Å². The topological polar surface area (TPSA) is 100 Å². The minimum absolute atomic E-state index is 0.0952. The van der Waals surface area contributed by atoms with Crippen molar-refractivity contribution in [2.75, 3.05) is 5.32 Å². The van der Waals surface area contributed by atoms with Crippen LogP contribution < -0.4 is 16.0 Å². The molecule has 1 heterocycles. The largest absolute Gasteiger partial charge is 0.467 e. The molecule has 3 aromatic rings.